The number of rotatable bonds is 11. The molecule has 0 aliphatic heterocycles. The number of nitrogens with one attached hydrogen (secondary N) is 2. The Morgan fingerprint density at radius 3 is 2.16 bits per heavy atom. The molecule has 2 saturated carbocycles. The van der Waals surface area contributed by atoms with Gasteiger partial charge in [-0.3, -0.25) is 4.79 Å². The first-order valence-electron chi connectivity index (χ1n) is 8.83. The first-order valence-corrected chi connectivity index (χ1v) is 8.83. The van der Waals surface area contributed by atoms with Crippen molar-refractivity contribution >= 4 is 17.7 Å². The van der Waals surface area contributed by atoms with E-state index in [2.05, 4.69) is 20.6 Å². The van der Waals surface area contributed by atoms with Crippen molar-refractivity contribution in [1.82, 2.24) is 9.97 Å². The minimum absolute atomic E-state index is 0.130. The normalized spacial score (nSPS) is 19.3. The molecule has 138 valence electrons. The summed E-state index contributed by atoms with van der Waals surface area (Å²) in [5, 5.41) is 6.40. The van der Waals surface area contributed by atoms with Gasteiger partial charge in [-0.05, 0) is 37.5 Å². The third-order valence-electron chi connectivity index (χ3n) is 4.83. The van der Waals surface area contributed by atoms with Crippen LogP contribution in [0, 0.1) is 11.8 Å². The number of anilines is 2. The highest BCUT2D eigenvalue weighted by atomic mass is 16.5. The third kappa shape index (κ3) is 5.02. The van der Waals surface area contributed by atoms with E-state index >= 15 is 0 Å². The zero-order valence-corrected chi connectivity index (χ0v) is 14.8. The van der Waals surface area contributed by atoms with Gasteiger partial charge in [-0.15, -0.1) is 0 Å². The van der Waals surface area contributed by atoms with Crippen molar-refractivity contribution in [2.75, 3.05) is 37.9 Å². The molecule has 1 aromatic heterocycles. The van der Waals surface area contributed by atoms with Gasteiger partial charge in [-0.25, -0.2) is 4.98 Å². The summed E-state index contributed by atoms with van der Waals surface area (Å²) in [6.07, 6.45) is 5.05. The summed E-state index contributed by atoms with van der Waals surface area (Å²) in [4.78, 5) is 20.2. The van der Waals surface area contributed by atoms with Gasteiger partial charge in [-0.1, -0.05) is 0 Å². The lowest BCUT2D eigenvalue weighted by atomic mass is 10.2. The van der Waals surface area contributed by atoms with Gasteiger partial charge in [0.2, 0.25) is 5.95 Å². The fourth-order valence-electron chi connectivity index (χ4n) is 2.96. The lowest BCUT2D eigenvalue weighted by molar-refractivity contribution is 0.0947. The molecule has 2 atom stereocenters. The van der Waals surface area contributed by atoms with Crippen molar-refractivity contribution in [3.05, 3.63) is 11.8 Å². The smallest absolute Gasteiger partial charge is 0.267 e. The predicted molar refractivity (Wildman–Crippen MR) is 94.6 cm³/mol. The second kappa shape index (κ2) is 7.97. The SMILES string of the molecule is COC(CNc1cc(C(N)=O)nc(NCC(OC)C2CC2)n1)C1CC1. The topological polar surface area (TPSA) is 111 Å². The highest BCUT2D eigenvalue weighted by molar-refractivity contribution is 5.91. The summed E-state index contributed by atoms with van der Waals surface area (Å²) in [7, 11) is 3.43. The largest absolute Gasteiger partial charge is 0.379 e. The maximum absolute atomic E-state index is 11.6. The molecular formula is C17H27N5O3. The number of aromatic nitrogens is 2. The van der Waals surface area contributed by atoms with E-state index in [-0.39, 0.29) is 17.9 Å². The van der Waals surface area contributed by atoms with Crippen molar-refractivity contribution in [3.63, 3.8) is 0 Å². The standard InChI is InChI=1S/C17H27N5O3/c1-24-13(10-3-4-10)8-19-15-7-12(16(18)23)21-17(22-15)20-9-14(25-2)11-5-6-11/h7,10-11,13-14H,3-6,8-9H2,1-2H3,(H2,18,23)(H2,19,20,21,22). The van der Waals surface area contributed by atoms with Crippen molar-refractivity contribution in [1.29, 1.82) is 0 Å². The van der Waals surface area contributed by atoms with E-state index in [4.69, 9.17) is 15.2 Å². The fourth-order valence-corrected chi connectivity index (χ4v) is 2.96. The van der Waals surface area contributed by atoms with Crippen molar-refractivity contribution in [2.24, 2.45) is 17.6 Å². The van der Waals surface area contributed by atoms with Crippen LogP contribution in [-0.4, -0.2) is 55.4 Å². The monoisotopic (exact) mass is 349 g/mol. The molecule has 8 heteroatoms. The van der Waals surface area contributed by atoms with Crippen LogP contribution in [0.25, 0.3) is 0 Å². The van der Waals surface area contributed by atoms with Crippen LogP contribution in [0.3, 0.4) is 0 Å². The van der Waals surface area contributed by atoms with Crippen LogP contribution < -0.4 is 16.4 Å². The molecule has 0 bridgehead atoms. The van der Waals surface area contributed by atoms with Gasteiger partial charge >= 0.3 is 0 Å². The van der Waals surface area contributed by atoms with Crippen molar-refractivity contribution in [3.8, 4) is 0 Å². The van der Waals surface area contributed by atoms with E-state index in [0.717, 1.165) is 0 Å². The summed E-state index contributed by atoms with van der Waals surface area (Å²) >= 11 is 0. The molecule has 8 nitrogen and oxygen atoms in total. The molecular weight excluding hydrogens is 322 g/mol. The highest BCUT2D eigenvalue weighted by Crippen LogP contribution is 2.34. The maximum atomic E-state index is 11.6. The maximum Gasteiger partial charge on any atom is 0.267 e. The van der Waals surface area contributed by atoms with Crippen LogP contribution in [0.2, 0.25) is 0 Å². The molecule has 0 radical (unpaired) electrons. The number of ether oxygens (including phenoxy) is 2. The third-order valence-corrected chi connectivity index (χ3v) is 4.83. The number of amides is 1. The van der Waals surface area contributed by atoms with E-state index in [0.29, 0.717) is 36.7 Å². The Morgan fingerprint density at radius 2 is 1.68 bits per heavy atom. The Morgan fingerprint density at radius 1 is 1.12 bits per heavy atom. The zero-order chi connectivity index (χ0) is 17.8. The van der Waals surface area contributed by atoms with E-state index in [1.54, 1.807) is 20.3 Å². The predicted octanol–water partition coefficient (Wildman–Crippen LogP) is 1.25. The van der Waals surface area contributed by atoms with Gasteiger partial charge in [0.05, 0.1) is 12.2 Å². The molecule has 4 N–H and O–H groups in total. The van der Waals surface area contributed by atoms with Gasteiger partial charge in [0.25, 0.3) is 5.91 Å². The number of nitrogens with zero attached hydrogens (tertiary/aromatic N) is 2. The molecule has 2 fully saturated rings. The Labute approximate surface area is 147 Å². The first kappa shape index (κ1) is 17.9. The molecule has 1 amide bonds. The second-order valence-corrected chi connectivity index (χ2v) is 6.81. The minimum Gasteiger partial charge on any atom is -0.379 e. The Balaban J connectivity index is 1.64. The van der Waals surface area contributed by atoms with Gasteiger partial charge in [0.1, 0.15) is 11.5 Å². The average Bonchev–Trinajstić information content (AvgIpc) is 3.48. The fraction of sp³-hybridized carbons (Fsp3) is 0.706. The Bertz CT molecular complexity index is 562. The number of hydrogen-bond acceptors (Lipinski definition) is 7. The highest BCUT2D eigenvalue weighted by Gasteiger charge is 2.32. The first-order chi connectivity index (χ1) is 12.1. The van der Waals surface area contributed by atoms with E-state index in [1.165, 1.54) is 25.7 Å². The average molecular weight is 349 g/mol. The number of carbonyl (C=O) groups excluding carboxylic acids is 1. The van der Waals surface area contributed by atoms with Gasteiger partial charge < -0.3 is 25.8 Å². The number of hydrogen-bond donors (Lipinski definition) is 3. The quantitative estimate of drug-likeness (QED) is 0.551. The number of primary amides is 1. The minimum atomic E-state index is -0.579. The van der Waals surface area contributed by atoms with Gasteiger partial charge in [0.15, 0.2) is 0 Å². The summed E-state index contributed by atoms with van der Waals surface area (Å²) in [5.41, 5.74) is 5.58. The molecule has 2 unspecified atom stereocenters. The Kier molecular flexibility index (Phi) is 5.70. The van der Waals surface area contributed by atoms with E-state index in [1.807, 2.05) is 0 Å². The molecule has 0 aromatic carbocycles. The van der Waals surface area contributed by atoms with Crippen LogP contribution in [0.15, 0.2) is 6.07 Å². The molecule has 25 heavy (non-hydrogen) atoms. The van der Waals surface area contributed by atoms with Gasteiger partial charge in [0, 0.05) is 33.4 Å². The summed E-state index contributed by atoms with van der Waals surface area (Å²) < 4.78 is 11.0. The lowest BCUT2D eigenvalue weighted by Gasteiger charge is -2.17. The summed E-state index contributed by atoms with van der Waals surface area (Å²) in [6, 6.07) is 1.57. The molecule has 2 aliphatic carbocycles. The summed E-state index contributed by atoms with van der Waals surface area (Å²) in [5.74, 6) is 1.56. The van der Waals surface area contributed by atoms with Crippen molar-refractivity contribution in [2.45, 2.75) is 37.9 Å². The molecule has 0 spiro atoms. The number of methoxy groups -OCH3 is 2. The van der Waals surface area contributed by atoms with Crippen LogP contribution in [0.1, 0.15) is 36.2 Å². The number of nitrogens with two attached hydrogens (primary N) is 1. The van der Waals surface area contributed by atoms with Crippen LogP contribution in [-0.2, 0) is 9.47 Å². The molecule has 3 rings (SSSR count). The van der Waals surface area contributed by atoms with Crippen molar-refractivity contribution < 1.29 is 14.3 Å². The summed E-state index contributed by atoms with van der Waals surface area (Å²) in [6.45, 7) is 1.24. The second-order valence-electron chi connectivity index (χ2n) is 6.81. The number of carbonyl (C=O) groups is 1. The lowest BCUT2D eigenvalue weighted by Crippen LogP contribution is -2.27. The molecule has 1 heterocycles. The van der Waals surface area contributed by atoms with Crippen LogP contribution >= 0.6 is 0 Å². The van der Waals surface area contributed by atoms with E-state index < -0.39 is 5.91 Å². The molecule has 0 saturated heterocycles. The Hall–Kier alpha value is -1.93. The molecule has 1 aromatic rings. The van der Waals surface area contributed by atoms with Crippen LogP contribution in [0.5, 0.6) is 0 Å². The van der Waals surface area contributed by atoms with Gasteiger partial charge in [-0.2, -0.15) is 4.98 Å². The van der Waals surface area contributed by atoms with Crippen LogP contribution in [0.4, 0.5) is 11.8 Å². The zero-order valence-electron chi connectivity index (χ0n) is 14.8. The van der Waals surface area contributed by atoms with E-state index in [9.17, 15) is 4.79 Å². The molecule has 2 aliphatic rings.